The highest BCUT2D eigenvalue weighted by molar-refractivity contribution is 6.30. The molecule has 20 heavy (non-hydrogen) atoms. The van der Waals surface area contributed by atoms with Gasteiger partial charge in [-0.2, -0.15) is 5.10 Å². The Labute approximate surface area is 120 Å². The maximum absolute atomic E-state index is 12.2. The number of pyridine rings is 1. The Hall–Kier alpha value is -2.33. The minimum absolute atomic E-state index is 0.0722. The normalized spacial score (nSPS) is 10.7. The highest BCUT2D eigenvalue weighted by atomic mass is 35.5. The van der Waals surface area contributed by atoms with E-state index in [1.165, 1.54) is 0 Å². The molecule has 0 amide bonds. The molecule has 0 unspecified atom stereocenters. The van der Waals surface area contributed by atoms with E-state index in [4.69, 9.17) is 11.6 Å². The van der Waals surface area contributed by atoms with Crippen LogP contribution in [0, 0.1) is 6.92 Å². The van der Waals surface area contributed by atoms with Gasteiger partial charge in [0.25, 0.3) is 5.56 Å². The van der Waals surface area contributed by atoms with Gasteiger partial charge < -0.3 is 0 Å². The molecule has 1 N–H and O–H groups in total. The van der Waals surface area contributed by atoms with Crippen molar-refractivity contribution >= 4 is 11.6 Å². The lowest BCUT2D eigenvalue weighted by Gasteiger charge is -2.10. The molecule has 0 bridgehead atoms. The Kier molecular flexibility index (Phi) is 3.16. The maximum atomic E-state index is 12.2. The minimum Gasteiger partial charge on any atom is -0.285 e. The first-order valence-electron chi connectivity index (χ1n) is 6.13. The second-order valence-corrected chi connectivity index (χ2v) is 4.98. The third-order valence-corrected chi connectivity index (χ3v) is 3.43. The summed E-state index contributed by atoms with van der Waals surface area (Å²) >= 11 is 5.88. The predicted molar refractivity (Wildman–Crippen MR) is 79.4 cm³/mol. The van der Waals surface area contributed by atoms with E-state index < -0.39 is 0 Å². The van der Waals surface area contributed by atoms with E-state index in [0.717, 1.165) is 22.4 Å². The van der Waals surface area contributed by atoms with Crippen LogP contribution < -0.4 is 5.56 Å². The van der Waals surface area contributed by atoms with E-state index in [2.05, 4.69) is 10.2 Å². The molecule has 2 heterocycles. The average Bonchev–Trinajstić information content (AvgIpc) is 2.94. The summed E-state index contributed by atoms with van der Waals surface area (Å²) in [5.41, 5.74) is 3.54. The lowest BCUT2D eigenvalue weighted by Crippen LogP contribution is -2.17. The lowest BCUT2D eigenvalue weighted by molar-refractivity contribution is 0.985. The number of nitrogens with zero attached hydrogens (tertiary/aromatic N) is 2. The number of halogens is 1. The fraction of sp³-hybridized carbons (Fsp3) is 0.0667. The molecule has 0 aliphatic carbocycles. The number of benzene rings is 1. The van der Waals surface area contributed by atoms with Crippen molar-refractivity contribution < 1.29 is 0 Å². The van der Waals surface area contributed by atoms with Crippen molar-refractivity contribution in [1.82, 2.24) is 14.8 Å². The molecule has 0 spiro atoms. The molecule has 1 aromatic carbocycles. The van der Waals surface area contributed by atoms with E-state index in [1.54, 1.807) is 35.2 Å². The van der Waals surface area contributed by atoms with Gasteiger partial charge in [0.15, 0.2) is 0 Å². The fourth-order valence-electron chi connectivity index (χ4n) is 2.13. The average molecular weight is 286 g/mol. The van der Waals surface area contributed by atoms with Gasteiger partial charge in [0.1, 0.15) is 0 Å². The quantitative estimate of drug-likeness (QED) is 0.786. The summed E-state index contributed by atoms with van der Waals surface area (Å²) in [5.74, 6) is 0. The second kappa shape index (κ2) is 4.98. The van der Waals surface area contributed by atoms with Gasteiger partial charge in [-0.3, -0.25) is 14.5 Å². The molecule has 5 heteroatoms. The molecule has 0 radical (unpaired) electrons. The van der Waals surface area contributed by atoms with Crippen LogP contribution in [0.2, 0.25) is 5.02 Å². The van der Waals surface area contributed by atoms with Crippen molar-refractivity contribution in [3.05, 3.63) is 69.9 Å². The third kappa shape index (κ3) is 2.26. The Morgan fingerprint density at radius 1 is 1.25 bits per heavy atom. The summed E-state index contributed by atoms with van der Waals surface area (Å²) in [6, 6.07) is 8.79. The zero-order chi connectivity index (χ0) is 14.1. The SMILES string of the molecule is Cc1cc(=O)n(-c2ccc(Cl)cc2)cc1-c1cn[nH]c1. The van der Waals surface area contributed by atoms with Crippen LogP contribution >= 0.6 is 11.6 Å². The third-order valence-electron chi connectivity index (χ3n) is 3.17. The smallest absolute Gasteiger partial charge is 0.255 e. The molecule has 0 atom stereocenters. The zero-order valence-electron chi connectivity index (χ0n) is 10.8. The molecule has 2 aromatic heterocycles. The summed E-state index contributed by atoms with van der Waals surface area (Å²) in [7, 11) is 0. The van der Waals surface area contributed by atoms with Crippen LogP contribution in [-0.4, -0.2) is 14.8 Å². The first-order valence-corrected chi connectivity index (χ1v) is 6.51. The first-order chi connectivity index (χ1) is 9.65. The van der Waals surface area contributed by atoms with E-state index >= 15 is 0 Å². The standard InChI is InChI=1S/C15H12ClN3O/c1-10-6-15(20)19(13-4-2-12(16)3-5-13)9-14(10)11-7-17-18-8-11/h2-9H,1H3,(H,17,18). The number of hydrogen-bond donors (Lipinski definition) is 1. The fourth-order valence-corrected chi connectivity index (χ4v) is 2.26. The predicted octanol–water partition coefficient (Wildman–Crippen LogP) is 3.19. The second-order valence-electron chi connectivity index (χ2n) is 4.54. The van der Waals surface area contributed by atoms with Crippen molar-refractivity contribution in [1.29, 1.82) is 0 Å². The number of hydrogen-bond acceptors (Lipinski definition) is 2. The molecule has 0 fully saturated rings. The lowest BCUT2D eigenvalue weighted by atomic mass is 10.1. The number of H-pyrrole nitrogens is 1. The van der Waals surface area contributed by atoms with Crippen LogP contribution in [-0.2, 0) is 0 Å². The highest BCUT2D eigenvalue weighted by Crippen LogP contribution is 2.22. The first kappa shape index (κ1) is 12.7. The van der Waals surface area contributed by atoms with Gasteiger partial charge in [0.05, 0.1) is 6.20 Å². The summed E-state index contributed by atoms with van der Waals surface area (Å²) in [4.78, 5) is 12.2. The Morgan fingerprint density at radius 2 is 2.00 bits per heavy atom. The van der Waals surface area contributed by atoms with E-state index in [-0.39, 0.29) is 5.56 Å². The molecule has 3 rings (SSSR count). The van der Waals surface area contributed by atoms with E-state index in [1.807, 2.05) is 25.3 Å². The Morgan fingerprint density at radius 3 is 2.65 bits per heavy atom. The molecule has 0 aliphatic heterocycles. The highest BCUT2D eigenvalue weighted by Gasteiger charge is 2.08. The van der Waals surface area contributed by atoms with Crippen molar-refractivity contribution in [2.24, 2.45) is 0 Å². The summed E-state index contributed by atoms with van der Waals surface area (Å²) in [5, 5.41) is 7.37. The molecular formula is C15H12ClN3O. The van der Waals surface area contributed by atoms with Crippen LogP contribution in [0.4, 0.5) is 0 Å². The van der Waals surface area contributed by atoms with Crippen LogP contribution in [0.25, 0.3) is 16.8 Å². The number of aryl methyl sites for hydroxylation is 1. The molecule has 0 saturated carbocycles. The van der Waals surface area contributed by atoms with Crippen molar-refractivity contribution in [3.8, 4) is 16.8 Å². The number of rotatable bonds is 2. The molecule has 0 saturated heterocycles. The monoisotopic (exact) mass is 285 g/mol. The van der Waals surface area contributed by atoms with Crippen LogP contribution in [0.5, 0.6) is 0 Å². The van der Waals surface area contributed by atoms with Crippen molar-refractivity contribution in [2.45, 2.75) is 6.92 Å². The van der Waals surface area contributed by atoms with Gasteiger partial charge in [-0.05, 0) is 36.8 Å². The zero-order valence-corrected chi connectivity index (χ0v) is 11.6. The number of aromatic nitrogens is 3. The van der Waals surface area contributed by atoms with Crippen molar-refractivity contribution in [2.75, 3.05) is 0 Å². The van der Waals surface area contributed by atoms with E-state index in [9.17, 15) is 4.79 Å². The summed E-state index contributed by atoms with van der Waals surface area (Å²) in [6.45, 7) is 1.91. The number of aromatic amines is 1. The molecular weight excluding hydrogens is 274 g/mol. The molecule has 3 aromatic rings. The Balaban J connectivity index is 2.19. The summed E-state index contributed by atoms with van der Waals surface area (Å²) < 4.78 is 1.60. The topological polar surface area (TPSA) is 50.7 Å². The van der Waals surface area contributed by atoms with Gasteiger partial charge in [-0.25, -0.2) is 0 Å². The largest absolute Gasteiger partial charge is 0.285 e. The van der Waals surface area contributed by atoms with Crippen LogP contribution in [0.1, 0.15) is 5.56 Å². The van der Waals surface area contributed by atoms with Gasteiger partial charge in [0.2, 0.25) is 0 Å². The van der Waals surface area contributed by atoms with Gasteiger partial charge >= 0.3 is 0 Å². The van der Waals surface area contributed by atoms with Gasteiger partial charge in [-0.15, -0.1) is 0 Å². The maximum Gasteiger partial charge on any atom is 0.255 e. The van der Waals surface area contributed by atoms with Gasteiger partial charge in [0, 0.05) is 40.3 Å². The molecule has 100 valence electrons. The molecule has 4 nitrogen and oxygen atoms in total. The Bertz CT molecular complexity index is 789. The minimum atomic E-state index is -0.0722. The van der Waals surface area contributed by atoms with Crippen LogP contribution in [0.15, 0.2) is 53.7 Å². The van der Waals surface area contributed by atoms with Crippen LogP contribution in [0.3, 0.4) is 0 Å². The molecule has 0 aliphatic rings. The summed E-state index contributed by atoms with van der Waals surface area (Å²) in [6.07, 6.45) is 5.36. The van der Waals surface area contributed by atoms with E-state index in [0.29, 0.717) is 5.02 Å². The van der Waals surface area contributed by atoms with Gasteiger partial charge in [-0.1, -0.05) is 11.6 Å². The van der Waals surface area contributed by atoms with Crippen molar-refractivity contribution in [3.63, 3.8) is 0 Å². The number of nitrogens with one attached hydrogen (secondary N) is 1.